The van der Waals surface area contributed by atoms with Gasteiger partial charge in [-0.25, -0.2) is 4.98 Å². The molecule has 5 rings (SSSR count). The Morgan fingerprint density at radius 2 is 1.93 bits per heavy atom. The molecule has 150 valence electrons. The maximum Gasteiger partial charge on any atom is 0.271 e. The zero-order valence-corrected chi connectivity index (χ0v) is 16.6. The summed E-state index contributed by atoms with van der Waals surface area (Å²) < 4.78 is 12.5. The van der Waals surface area contributed by atoms with Gasteiger partial charge in [0.15, 0.2) is 11.5 Å². The van der Waals surface area contributed by atoms with Crippen LogP contribution in [0.15, 0.2) is 65.7 Å². The largest absolute Gasteiger partial charge is 0.454 e. The van der Waals surface area contributed by atoms with Crippen molar-refractivity contribution < 1.29 is 14.3 Å². The standard InChI is InChI=1S/C22H17N3O4S/c26-20(23-10-14-6-7-17-18(8-14)29-13-28-17)11-25-12-24-16-9-19(30-21(16)22(25)27)15-4-2-1-3-5-15/h1-9,12H,10-11,13H2,(H,23,26). The number of nitrogens with zero attached hydrogens (tertiary/aromatic N) is 2. The summed E-state index contributed by atoms with van der Waals surface area (Å²) in [5, 5.41) is 2.83. The predicted octanol–water partition coefficient (Wildman–Crippen LogP) is 3.17. The Morgan fingerprint density at radius 1 is 1.10 bits per heavy atom. The van der Waals surface area contributed by atoms with E-state index in [0.717, 1.165) is 16.0 Å². The third-order valence-corrected chi connectivity index (χ3v) is 5.96. The Kier molecular flexibility index (Phi) is 4.68. The molecule has 7 nitrogen and oxygen atoms in total. The molecule has 0 unspecified atom stereocenters. The van der Waals surface area contributed by atoms with E-state index in [1.54, 1.807) is 0 Å². The first-order valence-corrected chi connectivity index (χ1v) is 10.2. The summed E-state index contributed by atoms with van der Waals surface area (Å²) in [5.74, 6) is 1.09. The lowest BCUT2D eigenvalue weighted by atomic mass is 10.2. The molecule has 0 bridgehead atoms. The van der Waals surface area contributed by atoms with Crippen LogP contribution < -0.4 is 20.3 Å². The molecule has 4 aromatic rings. The van der Waals surface area contributed by atoms with Crippen LogP contribution in [0.1, 0.15) is 5.56 Å². The molecule has 0 saturated carbocycles. The van der Waals surface area contributed by atoms with Crippen LogP contribution in [0.3, 0.4) is 0 Å². The van der Waals surface area contributed by atoms with Crippen LogP contribution >= 0.6 is 11.3 Å². The molecule has 30 heavy (non-hydrogen) atoms. The average molecular weight is 419 g/mol. The van der Waals surface area contributed by atoms with Gasteiger partial charge < -0.3 is 14.8 Å². The first kappa shape index (κ1) is 18.4. The van der Waals surface area contributed by atoms with Crippen LogP contribution in [-0.4, -0.2) is 22.3 Å². The molecule has 1 N–H and O–H groups in total. The second kappa shape index (κ2) is 7.64. The minimum absolute atomic E-state index is 0.0924. The third kappa shape index (κ3) is 3.53. The second-order valence-electron chi connectivity index (χ2n) is 6.83. The number of hydrogen-bond acceptors (Lipinski definition) is 6. The van der Waals surface area contributed by atoms with Gasteiger partial charge in [0, 0.05) is 11.4 Å². The number of carbonyl (C=O) groups is 1. The number of thiophene rings is 1. The maximum atomic E-state index is 12.8. The van der Waals surface area contributed by atoms with E-state index in [9.17, 15) is 9.59 Å². The van der Waals surface area contributed by atoms with Crippen molar-refractivity contribution in [2.45, 2.75) is 13.1 Å². The second-order valence-corrected chi connectivity index (χ2v) is 7.89. The van der Waals surface area contributed by atoms with E-state index in [-0.39, 0.29) is 24.8 Å². The topological polar surface area (TPSA) is 82.5 Å². The van der Waals surface area contributed by atoms with Crippen LogP contribution in [0.25, 0.3) is 20.7 Å². The summed E-state index contributed by atoms with van der Waals surface area (Å²) >= 11 is 1.39. The number of carbonyl (C=O) groups excluding carboxylic acids is 1. The molecule has 1 aliphatic heterocycles. The van der Waals surface area contributed by atoms with Crippen molar-refractivity contribution in [1.82, 2.24) is 14.9 Å². The van der Waals surface area contributed by atoms with Crippen molar-refractivity contribution in [2.24, 2.45) is 0 Å². The van der Waals surface area contributed by atoms with Gasteiger partial charge in [0.05, 0.1) is 11.8 Å². The molecule has 0 radical (unpaired) electrons. The van der Waals surface area contributed by atoms with Crippen LogP contribution in [0.5, 0.6) is 11.5 Å². The number of rotatable bonds is 5. The fourth-order valence-electron chi connectivity index (χ4n) is 3.26. The molecular formula is C22H17N3O4S. The van der Waals surface area contributed by atoms with Gasteiger partial charge in [0.1, 0.15) is 11.2 Å². The van der Waals surface area contributed by atoms with E-state index >= 15 is 0 Å². The third-order valence-electron chi connectivity index (χ3n) is 4.80. The first-order valence-electron chi connectivity index (χ1n) is 9.37. The molecule has 3 heterocycles. The lowest BCUT2D eigenvalue weighted by molar-refractivity contribution is -0.121. The molecule has 2 aromatic carbocycles. The minimum Gasteiger partial charge on any atom is -0.454 e. The van der Waals surface area contributed by atoms with Crippen LogP contribution in [0, 0.1) is 0 Å². The fraction of sp³-hybridized carbons (Fsp3) is 0.136. The van der Waals surface area contributed by atoms with Crippen molar-refractivity contribution in [2.75, 3.05) is 6.79 Å². The average Bonchev–Trinajstić information content (AvgIpc) is 3.42. The van der Waals surface area contributed by atoms with E-state index in [4.69, 9.17) is 9.47 Å². The highest BCUT2D eigenvalue weighted by atomic mass is 32.1. The highest BCUT2D eigenvalue weighted by Crippen LogP contribution is 2.32. The Hall–Kier alpha value is -3.65. The molecule has 2 aromatic heterocycles. The summed E-state index contributed by atoms with van der Waals surface area (Å²) in [4.78, 5) is 30.6. The molecule has 0 fully saturated rings. The van der Waals surface area contributed by atoms with Crippen LogP contribution in [-0.2, 0) is 17.9 Å². The first-order chi connectivity index (χ1) is 14.7. The summed E-state index contributed by atoms with van der Waals surface area (Å²) in [7, 11) is 0. The molecule has 0 atom stereocenters. The molecule has 8 heteroatoms. The Morgan fingerprint density at radius 3 is 2.80 bits per heavy atom. The van der Waals surface area contributed by atoms with Gasteiger partial charge >= 0.3 is 0 Å². The van der Waals surface area contributed by atoms with Gasteiger partial charge in [-0.1, -0.05) is 36.4 Å². The van der Waals surface area contributed by atoms with E-state index in [1.165, 1.54) is 22.2 Å². The molecule has 1 aliphatic rings. The highest BCUT2D eigenvalue weighted by molar-refractivity contribution is 7.22. The Labute approximate surface area is 175 Å². The normalized spacial score (nSPS) is 12.3. The number of hydrogen-bond donors (Lipinski definition) is 1. The zero-order chi connectivity index (χ0) is 20.5. The van der Waals surface area contributed by atoms with Gasteiger partial charge in [0.25, 0.3) is 5.56 Å². The molecule has 0 aliphatic carbocycles. The van der Waals surface area contributed by atoms with E-state index < -0.39 is 0 Å². The van der Waals surface area contributed by atoms with Crippen molar-refractivity contribution in [1.29, 1.82) is 0 Å². The summed E-state index contributed by atoms with van der Waals surface area (Å²) in [5.41, 5.74) is 2.35. The van der Waals surface area contributed by atoms with Gasteiger partial charge in [-0.2, -0.15) is 0 Å². The predicted molar refractivity (Wildman–Crippen MR) is 114 cm³/mol. The van der Waals surface area contributed by atoms with Gasteiger partial charge in [0.2, 0.25) is 12.7 Å². The smallest absolute Gasteiger partial charge is 0.271 e. The quantitative estimate of drug-likeness (QED) is 0.537. The lowest BCUT2D eigenvalue weighted by Gasteiger charge is -2.08. The van der Waals surface area contributed by atoms with Crippen molar-refractivity contribution in [3.8, 4) is 21.9 Å². The number of aromatic nitrogens is 2. The van der Waals surface area contributed by atoms with Crippen molar-refractivity contribution in [3.05, 3.63) is 76.8 Å². The van der Waals surface area contributed by atoms with Crippen LogP contribution in [0.2, 0.25) is 0 Å². The number of benzene rings is 2. The summed E-state index contributed by atoms with van der Waals surface area (Å²) in [6.45, 7) is 0.445. The zero-order valence-electron chi connectivity index (χ0n) is 15.8. The SMILES string of the molecule is O=C(Cn1cnc2cc(-c3ccccc3)sc2c1=O)NCc1ccc2c(c1)OCO2. The van der Waals surface area contributed by atoms with E-state index in [1.807, 2.05) is 54.6 Å². The number of fused-ring (bicyclic) bond motifs is 2. The molecule has 0 spiro atoms. The van der Waals surface area contributed by atoms with Gasteiger partial charge in [-0.15, -0.1) is 11.3 Å². The Balaban J connectivity index is 1.30. The van der Waals surface area contributed by atoms with Crippen LogP contribution in [0.4, 0.5) is 0 Å². The van der Waals surface area contributed by atoms with Crippen molar-refractivity contribution >= 4 is 27.5 Å². The monoisotopic (exact) mass is 419 g/mol. The number of ether oxygens (including phenoxy) is 2. The molecule has 1 amide bonds. The maximum absolute atomic E-state index is 12.8. The summed E-state index contributed by atoms with van der Waals surface area (Å²) in [6, 6.07) is 17.3. The van der Waals surface area contributed by atoms with Crippen molar-refractivity contribution in [3.63, 3.8) is 0 Å². The fourth-order valence-corrected chi connectivity index (χ4v) is 4.33. The van der Waals surface area contributed by atoms with Gasteiger partial charge in [-0.3, -0.25) is 14.2 Å². The molecule has 0 saturated heterocycles. The van der Waals surface area contributed by atoms with E-state index in [2.05, 4.69) is 10.3 Å². The highest BCUT2D eigenvalue weighted by Gasteiger charge is 2.15. The Bertz CT molecular complexity index is 1300. The number of nitrogens with one attached hydrogen (secondary N) is 1. The summed E-state index contributed by atoms with van der Waals surface area (Å²) in [6.07, 6.45) is 1.42. The van der Waals surface area contributed by atoms with Gasteiger partial charge in [-0.05, 0) is 29.3 Å². The van der Waals surface area contributed by atoms with E-state index in [0.29, 0.717) is 28.3 Å². The molecular weight excluding hydrogens is 402 g/mol. The minimum atomic E-state index is -0.268. The number of amides is 1. The lowest BCUT2D eigenvalue weighted by Crippen LogP contribution is -2.31.